The first kappa shape index (κ1) is 12.9. The molecule has 16 heavy (non-hydrogen) atoms. The first-order valence-electron chi connectivity index (χ1n) is 4.92. The number of halogens is 2. The molecular formula is C11H15F2NO2. The third-order valence-electron chi connectivity index (χ3n) is 2.01. The van der Waals surface area contributed by atoms with Gasteiger partial charge in [0, 0.05) is 13.7 Å². The van der Waals surface area contributed by atoms with E-state index >= 15 is 0 Å². The first-order chi connectivity index (χ1) is 7.58. The van der Waals surface area contributed by atoms with Gasteiger partial charge in [0.2, 0.25) is 0 Å². The number of hydrogen-bond acceptors (Lipinski definition) is 3. The van der Waals surface area contributed by atoms with Gasteiger partial charge in [-0.15, -0.1) is 0 Å². The molecule has 1 aromatic carbocycles. The standard InChI is InChI=1S/C11H15F2NO2/c1-7(6-15-2)16-11-9(12)3-8(5-14)4-10(11)13/h3-4,7H,5-6,14H2,1-2H3. The van der Waals surface area contributed by atoms with Crippen LogP contribution in [0.15, 0.2) is 12.1 Å². The molecule has 0 saturated carbocycles. The molecule has 1 aromatic rings. The van der Waals surface area contributed by atoms with Crippen molar-refractivity contribution >= 4 is 0 Å². The summed E-state index contributed by atoms with van der Waals surface area (Å²) in [5.41, 5.74) is 5.68. The van der Waals surface area contributed by atoms with Crippen molar-refractivity contribution in [1.29, 1.82) is 0 Å². The maximum Gasteiger partial charge on any atom is 0.191 e. The number of benzene rings is 1. The topological polar surface area (TPSA) is 44.5 Å². The highest BCUT2D eigenvalue weighted by Gasteiger charge is 2.15. The van der Waals surface area contributed by atoms with E-state index in [1.807, 2.05) is 0 Å². The van der Waals surface area contributed by atoms with E-state index in [4.69, 9.17) is 15.2 Å². The Balaban J connectivity index is 2.87. The molecule has 3 nitrogen and oxygen atoms in total. The first-order valence-corrected chi connectivity index (χ1v) is 4.92. The van der Waals surface area contributed by atoms with E-state index in [1.54, 1.807) is 6.92 Å². The van der Waals surface area contributed by atoms with Crippen molar-refractivity contribution in [1.82, 2.24) is 0 Å². The molecule has 0 fully saturated rings. The summed E-state index contributed by atoms with van der Waals surface area (Å²) in [4.78, 5) is 0. The van der Waals surface area contributed by atoms with Crippen LogP contribution in [0.2, 0.25) is 0 Å². The Hall–Kier alpha value is -1.20. The molecule has 1 rings (SSSR count). The van der Waals surface area contributed by atoms with Crippen molar-refractivity contribution in [2.75, 3.05) is 13.7 Å². The zero-order valence-electron chi connectivity index (χ0n) is 9.30. The summed E-state index contributed by atoms with van der Waals surface area (Å²) in [6, 6.07) is 2.33. The van der Waals surface area contributed by atoms with E-state index in [1.165, 1.54) is 7.11 Å². The Kier molecular flexibility index (Phi) is 4.64. The molecule has 0 aliphatic carbocycles. The third kappa shape index (κ3) is 3.15. The Bertz CT molecular complexity index is 335. The van der Waals surface area contributed by atoms with Gasteiger partial charge < -0.3 is 15.2 Å². The lowest BCUT2D eigenvalue weighted by Gasteiger charge is -2.15. The van der Waals surface area contributed by atoms with Crippen LogP contribution in [0.3, 0.4) is 0 Å². The van der Waals surface area contributed by atoms with Gasteiger partial charge in [0.15, 0.2) is 17.4 Å². The highest BCUT2D eigenvalue weighted by molar-refractivity contribution is 5.31. The molecule has 2 N–H and O–H groups in total. The van der Waals surface area contributed by atoms with E-state index in [0.717, 1.165) is 12.1 Å². The summed E-state index contributed by atoms with van der Waals surface area (Å²) in [5.74, 6) is -1.88. The van der Waals surface area contributed by atoms with E-state index in [0.29, 0.717) is 5.56 Å². The predicted molar refractivity (Wildman–Crippen MR) is 56.2 cm³/mol. The summed E-state index contributed by atoms with van der Waals surface area (Å²) < 4.78 is 36.8. The van der Waals surface area contributed by atoms with Crippen LogP contribution in [0, 0.1) is 11.6 Å². The van der Waals surface area contributed by atoms with Crippen LogP contribution in [-0.2, 0) is 11.3 Å². The van der Waals surface area contributed by atoms with Gasteiger partial charge in [0.05, 0.1) is 6.61 Å². The molecule has 0 spiro atoms. The molecular weight excluding hydrogens is 216 g/mol. The molecule has 0 heterocycles. The van der Waals surface area contributed by atoms with Gasteiger partial charge in [-0.2, -0.15) is 0 Å². The van der Waals surface area contributed by atoms with Gasteiger partial charge in [0.1, 0.15) is 6.10 Å². The second-order valence-corrected chi connectivity index (χ2v) is 3.48. The molecule has 0 aliphatic rings. The molecule has 0 saturated heterocycles. The van der Waals surface area contributed by atoms with Crippen molar-refractivity contribution in [2.24, 2.45) is 5.73 Å². The Morgan fingerprint density at radius 3 is 2.31 bits per heavy atom. The molecule has 0 bridgehead atoms. The van der Waals surface area contributed by atoms with Crippen molar-refractivity contribution in [2.45, 2.75) is 19.6 Å². The monoisotopic (exact) mass is 231 g/mol. The smallest absolute Gasteiger partial charge is 0.191 e. The van der Waals surface area contributed by atoms with Crippen LogP contribution < -0.4 is 10.5 Å². The fourth-order valence-electron chi connectivity index (χ4n) is 1.31. The number of hydrogen-bond donors (Lipinski definition) is 1. The number of ether oxygens (including phenoxy) is 2. The predicted octanol–water partition coefficient (Wildman–Crippen LogP) is 1.84. The fourth-order valence-corrected chi connectivity index (χ4v) is 1.31. The van der Waals surface area contributed by atoms with Crippen molar-refractivity contribution < 1.29 is 18.3 Å². The van der Waals surface area contributed by atoms with E-state index < -0.39 is 17.7 Å². The quantitative estimate of drug-likeness (QED) is 0.840. The summed E-state index contributed by atoms with van der Waals surface area (Å²) in [7, 11) is 1.49. The number of rotatable bonds is 5. The fraction of sp³-hybridized carbons (Fsp3) is 0.455. The summed E-state index contributed by atoms with van der Waals surface area (Å²) in [6.07, 6.45) is -0.419. The van der Waals surface area contributed by atoms with Crippen LogP contribution in [0.5, 0.6) is 5.75 Å². The largest absolute Gasteiger partial charge is 0.482 e. The minimum Gasteiger partial charge on any atom is -0.482 e. The second kappa shape index (κ2) is 5.77. The average molecular weight is 231 g/mol. The molecule has 5 heteroatoms. The Morgan fingerprint density at radius 2 is 1.88 bits per heavy atom. The third-order valence-corrected chi connectivity index (χ3v) is 2.01. The molecule has 1 unspecified atom stereocenters. The lowest BCUT2D eigenvalue weighted by molar-refractivity contribution is 0.0862. The van der Waals surface area contributed by atoms with Gasteiger partial charge in [-0.1, -0.05) is 0 Å². The molecule has 0 radical (unpaired) electrons. The number of methoxy groups -OCH3 is 1. The van der Waals surface area contributed by atoms with Gasteiger partial charge in [-0.05, 0) is 24.6 Å². The molecule has 0 aliphatic heterocycles. The zero-order valence-corrected chi connectivity index (χ0v) is 9.30. The minimum atomic E-state index is -0.747. The summed E-state index contributed by atoms with van der Waals surface area (Å²) in [5, 5.41) is 0. The van der Waals surface area contributed by atoms with Gasteiger partial charge in [0.25, 0.3) is 0 Å². The molecule has 0 amide bonds. The minimum absolute atomic E-state index is 0.0851. The highest BCUT2D eigenvalue weighted by atomic mass is 19.1. The summed E-state index contributed by atoms with van der Waals surface area (Å²) in [6.45, 7) is 2.01. The van der Waals surface area contributed by atoms with E-state index in [-0.39, 0.29) is 18.9 Å². The normalized spacial score (nSPS) is 12.6. The van der Waals surface area contributed by atoms with Crippen molar-refractivity contribution in [3.8, 4) is 5.75 Å². The summed E-state index contributed by atoms with van der Waals surface area (Å²) >= 11 is 0. The molecule has 0 aromatic heterocycles. The van der Waals surface area contributed by atoms with Gasteiger partial charge >= 0.3 is 0 Å². The van der Waals surface area contributed by atoms with Crippen molar-refractivity contribution in [3.05, 3.63) is 29.3 Å². The molecule has 90 valence electrons. The van der Waals surface area contributed by atoms with Crippen LogP contribution in [-0.4, -0.2) is 19.8 Å². The molecule has 1 atom stereocenters. The van der Waals surface area contributed by atoms with Crippen LogP contribution in [0.4, 0.5) is 8.78 Å². The lowest BCUT2D eigenvalue weighted by Crippen LogP contribution is -2.19. The average Bonchev–Trinajstić information content (AvgIpc) is 2.23. The van der Waals surface area contributed by atoms with E-state index in [2.05, 4.69) is 0 Å². The van der Waals surface area contributed by atoms with Gasteiger partial charge in [-0.25, -0.2) is 8.78 Å². The number of nitrogens with two attached hydrogens (primary N) is 1. The maximum absolute atomic E-state index is 13.4. The lowest BCUT2D eigenvalue weighted by atomic mass is 10.2. The Morgan fingerprint density at radius 1 is 1.31 bits per heavy atom. The van der Waals surface area contributed by atoms with Crippen molar-refractivity contribution in [3.63, 3.8) is 0 Å². The van der Waals surface area contributed by atoms with E-state index in [9.17, 15) is 8.78 Å². The SMILES string of the molecule is COCC(C)Oc1c(F)cc(CN)cc1F. The van der Waals surface area contributed by atoms with Crippen LogP contribution >= 0.6 is 0 Å². The second-order valence-electron chi connectivity index (χ2n) is 3.48. The Labute approximate surface area is 93.2 Å². The highest BCUT2D eigenvalue weighted by Crippen LogP contribution is 2.24. The zero-order chi connectivity index (χ0) is 12.1. The maximum atomic E-state index is 13.4. The van der Waals surface area contributed by atoms with Crippen LogP contribution in [0.1, 0.15) is 12.5 Å². The van der Waals surface area contributed by atoms with Gasteiger partial charge in [-0.3, -0.25) is 0 Å². The van der Waals surface area contributed by atoms with Crippen LogP contribution in [0.25, 0.3) is 0 Å².